The van der Waals surface area contributed by atoms with Crippen LogP contribution in [0, 0.1) is 5.92 Å². The lowest BCUT2D eigenvalue weighted by atomic mass is 10.0. The van der Waals surface area contributed by atoms with E-state index in [-0.39, 0.29) is 24.4 Å². The van der Waals surface area contributed by atoms with Gasteiger partial charge in [0.1, 0.15) is 0 Å². The van der Waals surface area contributed by atoms with E-state index >= 15 is 0 Å². The molecule has 1 aromatic carbocycles. The molecule has 0 aromatic heterocycles. The van der Waals surface area contributed by atoms with E-state index in [9.17, 15) is 4.79 Å². The number of hydrogen-bond donors (Lipinski definition) is 2. The number of hydrogen-bond acceptors (Lipinski definition) is 3. The molecule has 1 unspecified atom stereocenters. The summed E-state index contributed by atoms with van der Waals surface area (Å²) in [5, 5.41) is 3.10. The van der Waals surface area contributed by atoms with Crippen LogP contribution in [0.4, 0.5) is 0 Å². The van der Waals surface area contributed by atoms with Crippen LogP contribution >= 0.6 is 24.2 Å². The molecule has 20 heavy (non-hydrogen) atoms. The van der Waals surface area contributed by atoms with Gasteiger partial charge in [0, 0.05) is 10.6 Å². The molecule has 0 aliphatic carbocycles. The van der Waals surface area contributed by atoms with E-state index in [0.29, 0.717) is 5.92 Å². The van der Waals surface area contributed by atoms with Crippen molar-refractivity contribution in [3.63, 3.8) is 0 Å². The van der Waals surface area contributed by atoms with Crippen LogP contribution in [0.2, 0.25) is 0 Å². The van der Waals surface area contributed by atoms with Gasteiger partial charge in [-0.2, -0.15) is 0 Å². The smallest absolute Gasteiger partial charge is 0.237 e. The van der Waals surface area contributed by atoms with Crippen LogP contribution in [0.25, 0.3) is 0 Å². The highest BCUT2D eigenvalue weighted by atomic mass is 35.5. The molecule has 5 heteroatoms. The molecule has 0 saturated heterocycles. The van der Waals surface area contributed by atoms with Crippen molar-refractivity contribution in [1.29, 1.82) is 0 Å². The van der Waals surface area contributed by atoms with Gasteiger partial charge in [0.2, 0.25) is 5.91 Å². The first-order valence-electron chi connectivity index (χ1n) is 6.85. The van der Waals surface area contributed by atoms with Crippen molar-refractivity contribution in [1.82, 2.24) is 5.32 Å². The number of benzene rings is 1. The first-order chi connectivity index (χ1) is 9.08. The van der Waals surface area contributed by atoms with E-state index in [1.54, 1.807) is 0 Å². The van der Waals surface area contributed by atoms with E-state index in [2.05, 4.69) is 31.3 Å². The zero-order chi connectivity index (χ0) is 13.8. The van der Waals surface area contributed by atoms with Crippen molar-refractivity contribution >= 4 is 30.1 Å². The normalized spacial score (nSPS) is 18.9. The minimum absolute atomic E-state index is 0. The topological polar surface area (TPSA) is 55.1 Å². The predicted molar refractivity (Wildman–Crippen MR) is 87.3 cm³/mol. The van der Waals surface area contributed by atoms with Crippen LogP contribution < -0.4 is 11.1 Å². The lowest BCUT2D eigenvalue weighted by Gasteiger charge is -2.27. The van der Waals surface area contributed by atoms with Gasteiger partial charge in [-0.1, -0.05) is 32.0 Å². The Bertz CT molecular complexity index is 453. The van der Waals surface area contributed by atoms with Crippen molar-refractivity contribution < 1.29 is 4.79 Å². The van der Waals surface area contributed by atoms with Gasteiger partial charge in [-0.25, -0.2) is 0 Å². The van der Waals surface area contributed by atoms with E-state index in [0.717, 1.165) is 18.6 Å². The summed E-state index contributed by atoms with van der Waals surface area (Å²) >= 11 is 1.86. The van der Waals surface area contributed by atoms with Crippen molar-refractivity contribution in [2.45, 2.75) is 43.7 Å². The molecule has 3 N–H and O–H groups in total. The monoisotopic (exact) mass is 314 g/mol. The van der Waals surface area contributed by atoms with Crippen LogP contribution in [0.3, 0.4) is 0 Å². The second-order valence-corrected chi connectivity index (χ2v) is 6.61. The minimum Gasteiger partial charge on any atom is -0.348 e. The highest BCUT2D eigenvalue weighted by molar-refractivity contribution is 7.99. The van der Waals surface area contributed by atoms with Crippen molar-refractivity contribution in [2.75, 3.05) is 5.75 Å². The zero-order valence-corrected chi connectivity index (χ0v) is 13.6. The summed E-state index contributed by atoms with van der Waals surface area (Å²) in [4.78, 5) is 13.4. The second kappa shape index (κ2) is 7.91. The highest BCUT2D eigenvalue weighted by Crippen LogP contribution is 2.35. The second-order valence-electron chi connectivity index (χ2n) is 5.47. The van der Waals surface area contributed by atoms with Gasteiger partial charge in [-0.3, -0.25) is 4.79 Å². The molecule has 0 saturated carbocycles. The third kappa shape index (κ3) is 4.40. The molecule has 2 rings (SSSR count). The Morgan fingerprint density at radius 1 is 1.45 bits per heavy atom. The fourth-order valence-electron chi connectivity index (χ4n) is 2.39. The number of rotatable bonds is 4. The molecule has 1 amide bonds. The molecule has 0 radical (unpaired) electrons. The molecule has 0 fully saturated rings. The van der Waals surface area contributed by atoms with E-state index in [1.165, 1.54) is 10.5 Å². The van der Waals surface area contributed by atoms with Crippen molar-refractivity contribution in [3.8, 4) is 0 Å². The Hall–Kier alpha value is -0.710. The molecule has 1 heterocycles. The average molecular weight is 315 g/mol. The third-order valence-corrected chi connectivity index (χ3v) is 4.46. The fraction of sp³-hybridized carbons (Fsp3) is 0.533. The van der Waals surface area contributed by atoms with Gasteiger partial charge in [0.15, 0.2) is 0 Å². The molecule has 1 aliphatic rings. The molecule has 1 aliphatic heterocycles. The van der Waals surface area contributed by atoms with Crippen LogP contribution in [0.15, 0.2) is 29.2 Å². The number of carbonyl (C=O) groups is 1. The molecule has 0 spiro atoms. The first kappa shape index (κ1) is 17.3. The predicted octanol–water partition coefficient (Wildman–Crippen LogP) is 3.13. The zero-order valence-electron chi connectivity index (χ0n) is 12.0. The van der Waals surface area contributed by atoms with Crippen LogP contribution in [-0.2, 0) is 4.79 Å². The lowest BCUT2D eigenvalue weighted by molar-refractivity contribution is -0.123. The number of nitrogens with one attached hydrogen (secondary N) is 1. The number of fused-ring (bicyclic) bond motifs is 1. The Morgan fingerprint density at radius 2 is 2.15 bits per heavy atom. The van der Waals surface area contributed by atoms with E-state index < -0.39 is 6.04 Å². The van der Waals surface area contributed by atoms with E-state index in [1.807, 2.05) is 23.9 Å². The van der Waals surface area contributed by atoms with Crippen LogP contribution in [-0.4, -0.2) is 17.7 Å². The Morgan fingerprint density at radius 3 is 2.85 bits per heavy atom. The number of carbonyl (C=O) groups excluding carboxylic acids is 1. The Balaban J connectivity index is 0.00000200. The van der Waals surface area contributed by atoms with Gasteiger partial charge in [0.05, 0.1) is 12.1 Å². The summed E-state index contributed by atoms with van der Waals surface area (Å²) in [6, 6.07) is 8.00. The quantitative estimate of drug-likeness (QED) is 0.897. The maximum absolute atomic E-state index is 12.1. The molecule has 1 aromatic rings. The number of amides is 1. The standard InChI is InChI=1S/C15H22N2OS.ClH/c1-10(2)9-12(16)15(18)17-13-7-8-19-14-6-4-3-5-11(13)14;/h3-6,10,12-13H,7-9,16H2,1-2H3,(H,17,18);1H/t12-,13?;/m0./s1. The number of halogens is 1. The number of thioether (sulfide) groups is 1. The fourth-order valence-corrected chi connectivity index (χ4v) is 3.51. The maximum Gasteiger partial charge on any atom is 0.237 e. The van der Waals surface area contributed by atoms with Gasteiger partial charge in [-0.05, 0) is 30.4 Å². The summed E-state index contributed by atoms with van der Waals surface area (Å²) in [5.41, 5.74) is 7.16. The van der Waals surface area contributed by atoms with Crippen LogP contribution in [0.5, 0.6) is 0 Å². The Kier molecular flexibility index (Phi) is 6.86. The van der Waals surface area contributed by atoms with Crippen molar-refractivity contribution in [2.24, 2.45) is 11.7 Å². The van der Waals surface area contributed by atoms with E-state index in [4.69, 9.17) is 5.73 Å². The summed E-state index contributed by atoms with van der Waals surface area (Å²) in [6.07, 6.45) is 1.71. The summed E-state index contributed by atoms with van der Waals surface area (Å²) in [5.74, 6) is 1.46. The Labute approximate surface area is 131 Å². The van der Waals surface area contributed by atoms with Crippen LogP contribution in [0.1, 0.15) is 38.3 Å². The summed E-state index contributed by atoms with van der Waals surface area (Å²) < 4.78 is 0. The number of nitrogens with two attached hydrogens (primary N) is 1. The van der Waals surface area contributed by atoms with Gasteiger partial charge >= 0.3 is 0 Å². The molecule has 2 atom stereocenters. The highest BCUT2D eigenvalue weighted by Gasteiger charge is 2.24. The summed E-state index contributed by atoms with van der Waals surface area (Å²) in [7, 11) is 0. The maximum atomic E-state index is 12.1. The third-order valence-electron chi connectivity index (χ3n) is 3.34. The molecular formula is C15H23ClN2OS. The largest absolute Gasteiger partial charge is 0.348 e. The van der Waals surface area contributed by atoms with Gasteiger partial charge in [0.25, 0.3) is 0 Å². The summed E-state index contributed by atoms with van der Waals surface area (Å²) in [6.45, 7) is 4.17. The molecule has 112 valence electrons. The first-order valence-corrected chi connectivity index (χ1v) is 7.84. The van der Waals surface area contributed by atoms with Gasteiger partial charge < -0.3 is 11.1 Å². The SMILES string of the molecule is CC(C)C[C@H](N)C(=O)NC1CCSc2ccccc21.Cl. The average Bonchev–Trinajstić information content (AvgIpc) is 2.38. The lowest BCUT2D eigenvalue weighted by Crippen LogP contribution is -2.43. The minimum atomic E-state index is -0.401. The van der Waals surface area contributed by atoms with Crippen molar-refractivity contribution in [3.05, 3.63) is 29.8 Å². The molecule has 3 nitrogen and oxygen atoms in total. The molecular weight excluding hydrogens is 292 g/mol. The van der Waals surface area contributed by atoms with Gasteiger partial charge in [-0.15, -0.1) is 24.2 Å². The molecule has 0 bridgehead atoms.